The molecular weight excluding hydrogens is 230 g/mol. The summed E-state index contributed by atoms with van der Waals surface area (Å²) in [4.78, 5) is 2.55. The second kappa shape index (κ2) is 6.31. The van der Waals surface area contributed by atoms with E-state index in [2.05, 4.69) is 29.4 Å². The van der Waals surface area contributed by atoms with Crippen molar-refractivity contribution < 1.29 is 4.74 Å². The molecule has 0 aliphatic carbocycles. The molecule has 0 amide bonds. The fourth-order valence-electron chi connectivity index (χ4n) is 2.46. The van der Waals surface area contributed by atoms with Crippen molar-refractivity contribution in [3.8, 4) is 5.75 Å². The number of ether oxygens (including phenoxy) is 1. The molecule has 17 heavy (non-hydrogen) atoms. The van der Waals surface area contributed by atoms with Crippen molar-refractivity contribution in [1.82, 2.24) is 4.90 Å². The molecule has 0 N–H and O–H groups in total. The van der Waals surface area contributed by atoms with E-state index in [9.17, 15) is 0 Å². The highest BCUT2D eigenvalue weighted by Crippen LogP contribution is 2.22. The third-order valence-electron chi connectivity index (χ3n) is 3.31. The highest BCUT2D eigenvalue weighted by atomic mass is 32.2. The Hall–Kier alpha value is -0.670. The van der Waals surface area contributed by atoms with Gasteiger partial charge in [0.15, 0.2) is 0 Å². The Morgan fingerprint density at radius 1 is 1.47 bits per heavy atom. The van der Waals surface area contributed by atoms with E-state index < -0.39 is 0 Å². The van der Waals surface area contributed by atoms with Gasteiger partial charge < -0.3 is 4.74 Å². The van der Waals surface area contributed by atoms with Crippen LogP contribution in [0.3, 0.4) is 0 Å². The van der Waals surface area contributed by atoms with Crippen LogP contribution in [0.5, 0.6) is 5.75 Å². The molecule has 1 aliphatic rings. The van der Waals surface area contributed by atoms with Crippen LogP contribution in [0.25, 0.3) is 0 Å². The second-order valence-corrected chi connectivity index (χ2v) is 5.61. The summed E-state index contributed by atoms with van der Waals surface area (Å²) < 4.78 is 5.26. The molecule has 0 saturated carbocycles. The lowest BCUT2D eigenvalue weighted by Crippen LogP contribution is -2.20. The van der Waals surface area contributed by atoms with Gasteiger partial charge in [0.05, 0.1) is 7.11 Å². The van der Waals surface area contributed by atoms with Crippen molar-refractivity contribution in [3.05, 3.63) is 29.8 Å². The Kier molecular flexibility index (Phi) is 4.75. The number of rotatable bonds is 5. The van der Waals surface area contributed by atoms with Crippen LogP contribution in [-0.4, -0.2) is 37.1 Å². The standard InChI is InChI=1S/C14H21NOS/c1-16-14-5-3-4-12(8-14)9-15-7-6-13(10-15)11-17-2/h3-5,8,13H,6-7,9-11H2,1-2H3/t13-/m0/s1. The van der Waals surface area contributed by atoms with E-state index in [0.717, 1.165) is 18.2 Å². The molecule has 3 heteroatoms. The summed E-state index contributed by atoms with van der Waals surface area (Å²) >= 11 is 1.97. The molecule has 2 rings (SSSR count). The molecule has 1 heterocycles. The number of likely N-dealkylation sites (tertiary alicyclic amines) is 1. The van der Waals surface area contributed by atoms with Gasteiger partial charge in [-0.25, -0.2) is 0 Å². The van der Waals surface area contributed by atoms with E-state index in [-0.39, 0.29) is 0 Å². The average molecular weight is 251 g/mol. The van der Waals surface area contributed by atoms with Crippen LogP contribution in [0.15, 0.2) is 24.3 Å². The van der Waals surface area contributed by atoms with Gasteiger partial charge in [0.2, 0.25) is 0 Å². The van der Waals surface area contributed by atoms with Crippen LogP contribution in [0, 0.1) is 5.92 Å². The lowest BCUT2D eigenvalue weighted by Gasteiger charge is -2.16. The zero-order valence-corrected chi connectivity index (χ0v) is 11.5. The number of nitrogens with zero attached hydrogens (tertiary/aromatic N) is 1. The summed E-state index contributed by atoms with van der Waals surface area (Å²) in [6, 6.07) is 8.40. The van der Waals surface area contributed by atoms with Crippen LogP contribution >= 0.6 is 11.8 Å². The van der Waals surface area contributed by atoms with Crippen LogP contribution in [0.1, 0.15) is 12.0 Å². The van der Waals surface area contributed by atoms with E-state index in [1.54, 1.807) is 7.11 Å². The maximum absolute atomic E-state index is 5.26. The number of methoxy groups -OCH3 is 1. The molecule has 0 spiro atoms. The number of hydrogen-bond donors (Lipinski definition) is 0. The second-order valence-electron chi connectivity index (χ2n) is 4.70. The van der Waals surface area contributed by atoms with Crippen LogP contribution in [0.2, 0.25) is 0 Å². The summed E-state index contributed by atoms with van der Waals surface area (Å²) in [7, 11) is 1.73. The highest BCUT2D eigenvalue weighted by Gasteiger charge is 2.21. The van der Waals surface area contributed by atoms with Gasteiger partial charge in [-0.05, 0) is 48.6 Å². The van der Waals surface area contributed by atoms with Gasteiger partial charge in [-0.3, -0.25) is 4.90 Å². The smallest absolute Gasteiger partial charge is 0.119 e. The quantitative estimate of drug-likeness (QED) is 0.798. The first-order valence-electron chi connectivity index (χ1n) is 6.16. The molecule has 1 aromatic carbocycles. The summed E-state index contributed by atoms with van der Waals surface area (Å²) in [6.45, 7) is 3.54. The van der Waals surface area contributed by atoms with E-state index in [0.29, 0.717) is 0 Å². The number of benzene rings is 1. The predicted molar refractivity (Wildman–Crippen MR) is 74.8 cm³/mol. The first-order valence-corrected chi connectivity index (χ1v) is 7.55. The van der Waals surface area contributed by atoms with Gasteiger partial charge in [-0.15, -0.1) is 0 Å². The Morgan fingerprint density at radius 3 is 3.12 bits per heavy atom. The minimum absolute atomic E-state index is 0.885. The van der Waals surface area contributed by atoms with Gasteiger partial charge in [0.25, 0.3) is 0 Å². The zero-order chi connectivity index (χ0) is 12.1. The Morgan fingerprint density at radius 2 is 2.35 bits per heavy atom. The van der Waals surface area contributed by atoms with E-state index >= 15 is 0 Å². The molecular formula is C14H21NOS. The molecule has 0 bridgehead atoms. The molecule has 1 aliphatic heterocycles. The van der Waals surface area contributed by atoms with Crippen LogP contribution in [-0.2, 0) is 6.54 Å². The van der Waals surface area contributed by atoms with Gasteiger partial charge in [0.1, 0.15) is 5.75 Å². The average Bonchev–Trinajstić information content (AvgIpc) is 2.77. The lowest BCUT2D eigenvalue weighted by atomic mass is 10.1. The lowest BCUT2D eigenvalue weighted by molar-refractivity contribution is 0.320. The molecule has 0 radical (unpaired) electrons. The van der Waals surface area contributed by atoms with Gasteiger partial charge in [-0.2, -0.15) is 11.8 Å². The largest absolute Gasteiger partial charge is 0.497 e. The van der Waals surface area contributed by atoms with Crippen molar-refractivity contribution in [2.75, 3.05) is 32.2 Å². The molecule has 1 saturated heterocycles. The van der Waals surface area contributed by atoms with Gasteiger partial charge in [0, 0.05) is 13.1 Å². The first-order chi connectivity index (χ1) is 8.31. The maximum Gasteiger partial charge on any atom is 0.119 e. The minimum Gasteiger partial charge on any atom is -0.497 e. The van der Waals surface area contributed by atoms with Crippen LogP contribution in [0.4, 0.5) is 0 Å². The van der Waals surface area contributed by atoms with Crippen molar-refractivity contribution >= 4 is 11.8 Å². The molecule has 0 unspecified atom stereocenters. The van der Waals surface area contributed by atoms with Gasteiger partial charge in [-0.1, -0.05) is 12.1 Å². The van der Waals surface area contributed by atoms with Gasteiger partial charge >= 0.3 is 0 Å². The Bertz CT molecular complexity index is 356. The third kappa shape index (κ3) is 3.65. The monoisotopic (exact) mass is 251 g/mol. The highest BCUT2D eigenvalue weighted by molar-refractivity contribution is 7.98. The van der Waals surface area contributed by atoms with Crippen molar-refractivity contribution in [1.29, 1.82) is 0 Å². The molecule has 1 atom stereocenters. The third-order valence-corrected chi connectivity index (χ3v) is 4.12. The van der Waals surface area contributed by atoms with Crippen molar-refractivity contribution in [3.63, 3.8) is 0 Å². The molecule has 0 aromatic heterocycles. The summed E-state index contributed by atoms with van der Waals surface area (Å²) in [5, 5.41) is 0. The number of thioether (sulfide) groups is 1. The first kappa shape index (κ1) is 12.8. The fourth-order valence-corrected chi connectivity index (χ4v) is 3.20. The molecule has 2 nitrogen and oxygen atoms in total. The molecule has 94 valence electrons. The Balaban J connectivity index is 1.88. The summed E-state index contributed by atoms with van der Waals surface area (Å²) in [5.41, 5.74) is 1.36. The topological polar surface area (TPSA) is 12.5 Å². The normalized spacial score (nSPS) is 20.7. The number of hydrogen-bond acceptors (Lipinski definition) is 3. The van der Waals surface area contributed by atoms with Crippen molar-refractivity contribution in [2.24, 2.45) is 5.92 Å². The van der Waals surface area contributed by atoms with E-state index in [1.165, 1.54) is 30.8 Å². The van der Waals surface area contributed by atoms with E-state index in [4.69, 9.17) is 4.74 Å². The molecule has 1 fully saturated rings. The van der Waals surface area contributed by atoms with Crippen LogP contribution < -0.4 is 4.74 Å². The predicted octanol–water partition coefficient (Wildman–Crippen LogP) is 2.88. The SMILES string of the molecule is COc1cccc(CN2CC[C@H](CSC)C2)c1. The zero-order valence-electron chi connectivity index (χ0n) is 10.7. The minimum atomic E-state index is 0.885. The summed E-state index contributed by atoms with van der Waals surface area (Å²) in [6.07, 6.45) is 3.55. The Labute approximate surface area is 108 Å². The fraction of sp³-hybridized carbons (Fsp3) is 0.571. The van der Waals surface area contributed by atoms with E-state index in [1.807, 2.05) is 17.8 Å². The molecule has 1 aromatic rings. The maximum atomic E-state index is 5.26. The summed E-state index contributed by atoms with van der Waals surface area (Å²) in [5.74, 6) is 3.15. The van der Waals surface area contributed by atoms with Crippen molar-refractivity contribution in [2.45, 2.75) is 13.0 Å².